The maximum atomic E-state index is 11.4. The summed E-state index contributed by atoms with van der Waals surface area (Å²) in [5, 5.41) is 6.28. The topological polar surface area (TPSA) is 45.2 Å². The third kappa shape index (κ3) is 5.50. The molecule has 1 heterocycles. The minimum absolute atomic E-state index is 0.0460. The molecule has 0 aliphatic heterocycles. The summed E-state index contributed by atoms with van der Waals surface area (Å²) in [6.07, 6.45) is 3.28. The van der Waals surface area contributed by atoms with E-state index < -0.39 is 0 Å². The van der Waals surface area contributed by atoms with Gasteiger partial charge in [0.1, 0.15) is 0 Å². The molecular weight excluding hydrogens is 278 g/mol. The minimum atomic E-state index is 0.0460. The smallest absolute Gasteiger partial charge is 0.225 e. The molecule has 1 amide bonds. The molecule has 6 heteroatoms. The molecule has 19 heavy (non-hydrogen) atoms. The molecule has 0 fully saturated rings. The van der Waals surface area contributed by atoms with Crippen LogP contribution in [0.15, 0.2) is 5.38 Å². The molecule has 0 spiro atoms. The molecular formula is C13H23N3OS2. The summed E-state index contributed by atoms with van der Waals surface area (Å²) in [7, 11) is 0. The van der Waals surface area contributed by atoms with E-state index in [-0.39, 0.29) is 5.91 Å². The van der Waals surface area contributed by atoms with Crippen LogP contribution in [-0.4, -0.2) is 35.5 Å². The van der Waals surface area contributed by atoms with Gasteiger partial charge in [0.15, 0.2) is 5.13 Å². The van der Waals surface area contributed by atoms with Crippen LogP contribution >= 0.6 is 23.1 Å². The summed E-state index contributed by atoms with van der Waals surface area (Å²) in [6, 6.07) is 0.493. The summed E-state index contributed by atoms with van der Waals surface area (Å²) in [5.41, 5.74) is 1.01. The molecule has 1 unspecified atom stereocenters. The number of thiazole rings is 1. The second kappa shape index (κ2) is 8.55. The number of rotatable bonds is 8. The quantitative estimate of drug-likeness (QED) is 0.802. The Bertz CT molecular complexity index is 395. The van der Waals surface area contributed by atoms with Crippen molar-refractivity contribution in [1.29, 1.82) is 0 Å². The average molecular weight is 301 g/mol. The molecule has 0 saturated heterocycles. The van der Waals surface area contributed by atoms with Crippen molar-refractivity contribution in [2.24, 2.45) is 0 Å². The van der Waals surface area contributed by atoms with E-state index in [4.69, 9.17) is 0 Å². The van der Waals surface area contributed by atoms with Crippen molar-refractivity contribution in [2.45, 2.75) is 39.8 Å². The number of nitrogens with zero attached hydrogens (tertiary/aromatic N) is 2. The van der Waals surface area contributed by atoms with E-state index in [2.05, 4.69) is 23.5 Å². The van der Waals surface area contributed by atoms with Crippen LogP contribution in [0.5, 0.6) is 0 Å². The van der Waals surface area contributed by atoms with E-state index in [1.165, 1.54) is 17.1 Å². The van der Waals surface area contributed by atoms with Gasteiger partial charge in [-0.2, -0.15) is 11.8 Å². The fraction of sp³-hybridized carbons (Fsp3) is 0.692. The molecule has 0 aromatic carbocycles. The number of carbonyl (C=O) groups excluding carboxylic acids is 1. The number of hydrogen-bond donors (Lipinski definition) is 1. The molecule has 0 radical (unpaired) electrons. The van der Waals surface area contributed by atoms with Gasteiger partial charge in [-0.1, -0.05) is 0 Å². The number of nitrogens with one attached hydrogen (secondary N) is 1. The zero-order valence-corrected chi connectivity index (χ0v) is 13.7. The minimum Gasteiger partial charge on any atom is -0.309 e. The first kappa shape index (κ1) is 16.5. The Morgan fingerprint density at radius 2 is 2.37 bits per heavy atom. The molecule has 1 aromatic heterocycles. The molecule has 0 saturated carbocycles. The first-order chi connectivity index (χ1) is 9.08. The Balaban J connectivity index is 2.48. The van der Waals surface area contributed by atoms with E-state index in [1.54, 1.807) is 11.8 Å². The van der Waals surface area contributed by atoms with Gasteiger partial charge in [0.2, 0.25) is 5.91 Å². The lowest BCUT2D eigenvalue weighted by atomic mass is 10.2. The van der Waals surface area contributed by atoms with Crippen molar-refractivity contribution in [2.75, 3.05) is 23.5 Å². The molecule has 1 aromatic rings. The predicted molar refractivity (Wildman–Crippen MR) is 85.1 cm³/mol. The molecule has 0 aliphatic carbocycles. The van der Waals surface area contributed by atoms with Crippen LogP contribution in [0, 0.1) is 0 Å². The van der Waals surface area contributed by atoms with Crippen LogP contribution in [0.3, 0.4) is 0 Å². The van der Waals surface area contributed by atoms with Gasteiger partial charge in [-0.25, -0.2) is 4.98 Å². The Labute approximate surface area is 124 Å². The fourth-order valence-electron chi connectivity index (χ4n) is 1.67. The highest BCUT2D eigenvalue weighted by Crippen LogP contribution is 2.20. The first-order valence-corrected chi connectivity index (χ1v) is 8.80. The van der Waals surface area contributed by atoms with Gasteiger partial charge in [0, 0.05) is 31.4 Å². The Morgan fingerprint density at radius 1 is 1.63 bits per heavy atom. The highest BCUT2D eigenvalue weighted by atomic mass is 32.2. The Hall–Kier alpha value is -0.590. The largest absolute Gasteiger partial charge is 0.309 e. The van der Waals surface area contributed by atoms with Crippen molar-refractivity contribution < 1.29 is 4.79 Å². The van der Waals surface area contributed by atoms with Crippen molar-refractivity contribution >= 4 is 34.1 Å². The number of carbonyl (C=O) groups is 1. The first-order valence-electron chi connectivity index (χ1n) is 6.53. The summed E-state index contributed by atoms with van der Waals surface area (Å²) in [4.78, 5) is 17.7. The molecule has 0 bridgehead atoms. The average Bonchev–Trinajstić information content (AvgIpc) is 2.83. The van der Waals surface area contributed by atoms with Gasteiger partial charge < -0.3 is 5.32 Å². The van der Waals surface area contributed by atoms with Gasteiger partial charge in [-0.05, 0) is 32.3 Å². The van der Waals surface area contributed by atoms with E-state index >= 15 is 0 Å². The summed E-state index contributed by atoms with van der Waals surface area (Å²) < 4.78 is 0. The van der Waals surface area contributed by atoms with E-state index in [1.807, 2.05) is 24.1 Å². The zero-order valence-electron chi connectivity index (χ0n) is 12.1. The standard InChI is InChI=1S/C13H23N3OS2/c1-5-16(11(3)17)13-15-12(9-19-13)8-14-10(2)6-7-18-4/h9-10,14H,5-8H2,1-4H3. The van der Waals surface area contributed by atoms with Gasteiger partial charge in [-0.15, -0.1) is 11.3 Å². The van der Waals surface area contributed by atoms with Crippen LogP contribution in [0.4, 0.5) is 5.13 Å². The van der Waals surface area contributed by atoms with E-state index in [0.717, 1.165) is 23.8 Å². The second-order valence-electron chi connectivity index (χ2n) is 4.45. The fourth-order valence-corrected chi connectivity index (χ4v) is 3.19. The number of hydrogen-bond acceptors (Lipinski definition) is 5. The third-order valence-electron chi connectivity index (χ3n) is 2.85. The van der Waals surface area contributed by atoms with Crippen molar-refractivity contribution in [1.82, 2.24) is 10.3 Å². The van der Waals surface area contributed by atoms with Crippen molar-refractivity contribution in [3.63, 3.8) is 0 Å². The van der Waals surface area contributed by atoms with Gasteiger partial charge in [0.25, 0.3) is 0 Å². The number of anilines is 1. The molecule has 4 nitrogen and oxygen atoms in total. The third-order valence-corrected chi connectivity index (χ3v) is 4.41. The lowest BCUT2D eigenvalue weighted by molar-refractivity contribution is -0.116. The molecule has 108 valence electrons. The lowest BCUT2D eigenvalue weighted by Gasteiger charge is -2.14. The molecule has 1 N–H and O–H groups in total. The normalized spacial score (nSPS) is 12.4. The maximum Gasteiger partial charge on any atom is 0.225 e. The van der Waals surface area contributed by atoms with Crippen LogP contribution < -0.4 is 10.2 Å². The summed E-state index contributed by atoms with van der Waals surface area (Å²) >= 11 is 3.40. The Morgan fingerprint density at radius 3 is 2.95 bits per heavy atom. The van der Waals surface area contributed by atoms with Crippen LogP contribution in [-0.2, 0) is 11.3 Å². The maximum absolute atomic E-state index is 11.4. The van der Waals surface area contributed by atoms with Gasteiger partial charge >= 0.3 is 0 Å². The highest BCUT2D eigenvalue weighted by Gasteiger charge is 2.13. The SMILES string of the molecule is CCN(C(C)=O)c1nc(CNC(C)CCSC)cs1. The van der Waals surface area contributed by atoms with Crippen LogP contribution in [0.1, 0.15) is 32.9 Å². The van der Waals surface area contributed by atoms with Gasteiger partial charge in [0.05, 0.1) is 5.69 Å². The Kier molecular flexibility index (Phi) is 7.41. The molecule has 1 rings (SSSR count). The zero-order chi connectivity index (χ0) is 14.3. The van der Waals surface area contributed by atoms with E-state index in [9.17, 15) is 4.79 Å². The monoisotopic (exact) mass is 301 g/mol. The van der Waals surface area contributed by atoms with Gasteiger partial charge in [-0.3, -0.25) is 9.69 Å². The van der Waals surface area contributed by atoms with Crippen molar-refractivity contribution in [3.8, 4) is 0 Å². The highest BCUT2D eigenvalue weighted by molar-refractivity contribution is 7.98. The van der Waals surface area contributed by atoms with Crippen LogP contribution in [0.25, 0.3) is 0 Å². The van der Waals surface area contributed by atoms with Crippen LogP contribution in [0.2, 0.25) is 0 Å². The van der Waals surface area contributed by atoms with E-state index in [0.29, 0.717) is 12.6 Å². The number of amides is 1. The number of aromatic nitrogens is 1. The van der Waals surface area contributed by atoms with Crippen molar-refractivity contribution in [3.05, 3.63) is 11.1 Å². The lowest BCUT2D eigenvalue weighted by Crippen LogP contribution is -2.28. The summed E-state index contributed by atoms with van der Waals surface area (Å²) in [6.45, 7) is 7.16. The molecule has 0 aliphatic rings. The molecule has 1 atom stereocenters. The summed E-state index contributed by atoms with van der Waals surface area (Å²) in [5.74, 6) is 1.22. The second-order valence-corrected chi connectivity index (χ2v) is 6.27. The number of thioether (sulfide) groups is 1. The predicted octanol–water partition coefficient (Wildman–Crippen LogP) is 2.75.